The molecule has 0 bridgehead atoms. The number of nitrogens with one attached hydrogen (secondary N) is 1. The number of thioether (sulfide) groups is 1. The van der Waals surface area contributed by atoms with Crippen LogP contribution in [0.2, 0.25) is 0 Å². The van der Waals surface area contributed by atoms with E-state index in [2.05, 4.69) is 15.5 Å². The molecule has 0 aliphatic heterocycles. The van der Waals surface area contributed by atoms with Crippen LogP contribution in [0.5, 0.6) is 0 Å². The summed E-state index contributed by atoms with van der Waals surface area (Å²) in [6, 6.07) is 14.0. The molecule has 2 aromatic carbocycles. The summed E-state index contributed by atoms with van der Waals surface area (Å²) in [5, 5.41) is 10.9. The van der Waals surface area contributed by atoms with Gasteiger partial charge in [0, 0.05) is 17.7 Å². The first-order chi connectivity index (χ1) is 12.1. The van der Waals surface area contributed by atoms with Gasteiger partial charge in [-0.05, 0) is 24.6 Å². The molecule has 128 valence electrons. The van der Waals surface area contributed by atoms with E-state index in [-0.39, 0.29) is 24.0 Å². The molecular formula is C18H16FN3O2S. The minimum Gasteiger partial charge on any atom is -0.411 e. The lowest BCUT2D eigenvalue weighted by atomic mass is 10.1. The van der Waals surface area contributed by atoms with Gasteiger partial charge in [0.1, 0.15) is 5.82 Å². The number of carbonyl (C=O) groups is 1. The molecule has 7 heteroatoms. The Morgan fingerprint density at radius 1 is 1.16 bits per heavy atom. The van der Waals surface area contributed by atoms with Crippen molar-refractivity contribution in [2.75, 3.05) is 5.75 Å². The second-order valence-electron chi connectivity index (χ2n) is 5.34. The molecule has 0 radical (unpaired) electrons. The van der Waals surface area contributed by atoms with Crippen LogP contribution in [-0.4, -0.2) is 21.9 Å². The monoisotopic (exact) mass is 357 g/mol. The molecule has 0 aliphatic carbocycles. The van der Waals surface area contributed by atoms with Crippen LogP contribution < -0.4 is 5.32 Å². The molecule has 0 fully saturated rings. The normalized spacial score (nSPS) is 10.6. The first-order valence-electron chi connectivity index (χ1n) is 7.66. The van der Waals surface area contributed by atoms with E-state index in [0.29, 0.717) is 16.7 Å². The Balaban J connectivity index is 1.53. The van der Waals surface area contributed by atoms with Gasteiger partial charge in [-0.1, -0.05) is 48.2 Å². The summed E-state index contributed by atoms with van der Waals surface area (Å²) >= 11 is 1.14. The summed E-state index contributed by atoms with van der Waals surface area (Å²) in [4.78, 5) is 11.9. The lowest BCUT2D eigenvalue weighted by Crippen LogP contribution is -2.25. The smallest absolute Gasteiger partial charge is 0.277 e. The van der Waals surface area contributed by atoms with Crippen LogP contribution >= 0.6 is 11.8 Å². The molecule has 1 N–H and O–H groups in total. The number of aromatic nitrogens is 2. The van der Waals surface area contributed by atoms with Crippen molar-refractivity contribution in [2.24, 2.45) is 0 Å². The third-order valence-electron chi connectivity index (χ3n) is 3.54. The zero-order chi connectivity index (χ0) is 17.6. The average Bonchev–Trinajstić information content (AvgIpc) is 3.08. The average molecular weight is 357 g/mol. The van der Waals surface area contributed by atoms with E-state index in [4.69, 9.17) is 4.42 Å². The fourth-order valence-electron chi connectivity index (χ4n) is 2.20. The minimum atomic E-state index is -0.338. The topological polar surface area (TPSA) is 68.0 Å². The highest BCUT2D eigenvalue weighted by Crippen LogP contribution is 2.25. The number of aryl methyl sites for hydroxylation is 1. The molecule has 0 atom stereocenters. The van der Waals surface area contributed by atoms with E-state index in [1.165, 1.54) is 6.07 Å². The van der Waals surface area contributed by atoms with Gasteiger partial charge >= 0.3 is 0 Å². The zero-order valence-electron chi connectivity index (χ0n) is 13.5. The molecule has 0 spiro atoms. The summed E-state index contributed by atoms with van der Waals surface area (Å²) in [5.41, 5.74) is 2.34. The Morgan fingerprint density at radius 3 is 2.72 bits per heavy atom. The first kappa shape index (κ1) is 17.2. The van der Waals surface area contributed by atoms with Crippen molar-refractivity contribution in [3.63, 3.8) is 0 Å². The quantitative estimate of drug-likeness (QED) is 0.683. The van der Waals surface area contributed by atoms with E-state index in [0.717, 1.165) is 22.9 Å². The summed E-state index contributed by atoms with van der Waals surface area (Å²) in [5.74, 6) is -0.0318. The maximum Gasteiger partial charge on any atom is 0.277 e. The molecule has 0 aliphatic rings. The Morgan fingerprint density at radius 2 is 1.92 bits per heavy atom. The third kappa shape index (κ3) is 4.45. The largest absolute Gasteiger partial charge is 0.411 e. The van der Waals surface area contributed by atoms with E-state index < -0.39 is 0 Å². The maximum atomic E-state index is 13.5. The number of carbonyl (C=O) groups excluding carboxylic acids is 1. The number of benzene rings is 2. The molecule has 0 saturated heterocycles. The Labute approximate surface area is 148 Å². The van der Waals surface area contributed by atoms with E-state index in [9.17, 15) is 9.18 Å². The molecule has 0 unspecified atom stereocenters. The van der Waals surface area contributed by atoms with Crippen LogP contribution in [0.3, 0.4) is 0 Å². The highest BCUT2D eigenvalue weighted by atomic mass is 32.2. The van der Waals surface area contributed by atoms with Crippen LogP contribution in [0.15, 0.2) is 58.2 Å². The molecule has 1 aromatic heterocycles. The van der Waals surface area contributed by atoms with E-state index >= 15 is 0 Å². The number of hydrogen-bond donors (Lipinski definition) is 1. The van der Waals surface area contributed by atoms with Gasteiger partial charge in [0.15, 0.2) is 0 Å². The molecule has 3 aromatic rings. The predicted octanol–water partition coefficient (Wildman–Crippen LogP) is 3.59. The molecule has 25 heavy (non-hydrogen) atoms. The number of hydrogen-bond acceptors (Lipinski definition) is 5. The zero-order valence-corrected chi connectivity index (χ0v) is 14.3. The number of nitrogens with zero attached hydrogens (tertiary/aromatic N) is 2. The van der Waals surface area contributed by atoms with Gasteiger partial charge in [0.25, 0.3) is 5.22 Å². The Hall–Kier alpha value is -2.67. The van der Waals surface area contributed by atoms with Crippen molar-refractivity contribution in [2.45, 2.75) is 18.7 Å². The van der Waals surface area contributed by atoms with Crippen molar-refractivity contribution in [3.8, 4) is 11.5 Å². The SMILES string of the molecule is Cc1ccccc1-c1nnc(SCC(=O)NCc2ccccc2F)o1. The van der Waals surface area contributed by atoms with Gasteiger partial charge in [-0.3, -0.25) is 4.79 Å². The first-order valence-corrected chi connectivity index (χ1v) is 8.64. The molecule has 1 heterocycles. The van der Waals surface area contributed by atoms with Gasteiger partial charge < -0.3 is 9.73 Å². The standard InChI is InChI=1S/C18H16FN3O2S/c1-12-6-2-4-8-14(12)17-21-22-18(24-17)25-11-16(23)20-10-13-7-3-5-9-15(13)19/h2-9H,10-11H2,1H3,(H,20,23). The summed E-state index contributed by atoms with van der Waals surface area (Å²) in [7, 11) is 0. The Kier molecular flexibility index (Phi) is 5.45. The minimum absolute atomic E-state index is 0.115. The predicted molar refractivity (Wildman–Crippen MR) is 93.4 cm³/mol. The number of halogens is 1. The fourth-order valence-corrected chi connectivity index (χ4v) is 2.80. The molecule has 5 nitrogen and oxygen atoms in total. The second-order valence-corrected chi connectivity index (χ2v) is 6.27. The second kappa shape index (κ2) is 7.94. The van der Waals surface area contributed by atoms with Crippen LogP contribution in [-0.2, 0) is 11.3 Å². The lowest BCUT2D eigenvalue weighted by Gasteiger charge is -2.05. The third-order valence-corrected chi connectivity index (χ3v) is 4.36. The van der Waals surface area contributed by atoms with Gasteiger partial charge in [-0.25, -0.2) is 4.39 Å². The van der Waals surface area contributed by atoms with Crippen LogP contribution in [0, 0.1) is 12.7 Å². The highest BCUT2D eigenvalue weighted by molar-refractivity contribution is 7.99. The summed E-state index contributed by atoms with van der Waals surface area (Å²) < 4.78 is 19.1. The molecular weight excluding hydrogens is 341 g/mol. The van der Waals surface area contributed by atoms with Crippen LogP contribution in [0.25, 0.3) is 11.5 Å². The number of rotatable bonds is 6. The summed E-state index contributed by atoms with van der Waals surface area (Å²) in [6.45, 7) is 2.10. The van der Waals surface area contributed by atoms with Crippen LogP contribution in [0.1, 0.15) is 11.1 Å². The van der Waals surface area contributed by atoms with Crippen molar-refractivity contribution in [1.82, 2.24) is 15.5 Å². The lowest BCUT2D eigenvalue weighted by molar-refractivity contribution is -0.118. The number of amides is 1. The van der Waals surface area contributed by atoms with E-state index in [1.54, 1.807) is 18.2 Å². The Bertz CT molecular complexity index is 882. The van der Waals surface area contributed by atoms with Crippen molar-refractivity contribution in [3.05, 3.63) is 65.5 Å². The highest BCUT2D eigenvalue weighted by Gasteiger charge is 2.12. The molecule has 0 saturated carbocycles. The van der Waals surface area contributed by atoms with Crippen molar-refractivity contribution >= 4 is 17.7 Å². The molecule has 3 rings (SSSR count). The fraction of sp³-hybridized carbons (Fsp3) is 0.167. The molecule has 1 amide bonds. The maximum absolute atomic E-state index is 13.5. The summed E-state index contributed by atoms with van der Waals surface area (Å²) in [6.07, 6.45) is 0. The van der Waals surface area contributed by atoms with Gasteiger partial charge in [0.05, 0.1) is 5.75 Å². The van der Waals surface area contributed by atoms with Crippen molar-refractivity contribution in [1.29, 1.82) is 0 Å². The van der Waals surface area contributed by atoms with E-state index in [1.807, 2.05) is 31.2 Å². The van der Waals surface area contributed by atoms with Gasteiger partial charge in [-0.15, -0.1) is 10.2 Å². The van der Waals surface area contributed by atoms with Crippen molar-refractivity contribution < 1.29 is 13.6 Å². The van der Waals surface area contributed by atoms with Crippen LogP contribution in [0.4, 0.5) is 4.39 Å². The van der Waals surface area contributed by atoms with Gasteiger partial charge in [0.2, 0.25) is 11.8 Å². The van der Waals surface area contributed by atoms with Gasteiger partial charge in [-0.2, -0.15) is 0 Å².